The van der Waals surface area contributed by atoms with Crippen LogP contribution in [0.1, 0.15) is 6.92 Å². The summed E-state index contributed by atoms with van der Waals surface area (Å²) in [6, 6.07) is 3.51. The Morgan fingerprint density at radius 1 is 1.45 bits per heavy atom. The van der Waals surface area contributed by atoms with Gasteiger partial charge in [-0.2, -0.15) is 4.31 Å². The maximum Gasteiger partial charge on any atom is 0.291 e. The molecule has 2 N–H and O–H groups in total. The number of nitrogen functional groups attached to an aromatic ring is 1. The summed E-state index contributed by atoms with van der Waals surface area (Å²) >= 11 is 0. The highest BCUT2D eigenvalue weighted by atomic mass is 32.2. The van der Waals surface area contributed by atoms with E-state index < -0.39 is 20.6 Å². The number of nitrogens with two attached hydrogens (primary N) is 1. The molecule has 1 aromatic carbocycles. The van der Waals surface area contributed by atoms with E-state index in [0.29, 0.717) is 0 Å². The average Bonchev–Trinajstić information content (AvgIpc) is 2.38. The van der Waals surface area contributed by atoms with E-state index >= 15 is 0 Å². The zero-order valence-electron chi connectivity index (χ0n) is 11.3. The molecule has 0 atom stereocenters. The fourth-order valence-electron chi connectivity index (χ4n) is 1.68. The Labute approximate surface area is 117 Å². The fraction of sp³-hybridized carbons (Fsp3) is 0.455. The third-order valence-corrected chi connectivity index (χ3v) is 4.72. The van der Waals surface area contributed by atoms with E-state index in [0.717, 1.165) is 16.4 Å². The Bertz CT molecular complexity index is 588. The second-order valence-corrected chi connectivity index (χ2v) is 5.88. The summed E-state index contributed by atoms with van der Waals surface area (Å²) in [6.07, 6.45) is 0. The van der Waals surface area contributed by atoms with Gasteiger partial charge in [0, 0.05) is 32.0 Å². The number of likely N-dealkylation sites (N-methyl/N-ethyl adjacent to an activating group) is 1. The summed E-state index contributed by atoms with van der Waals surface area (Å²) in [5.41, 5.74) is 5.07. The van der Waals surface area contributed by atoms with E-state index in [2.05, 4.69) is 0 Å². The summed E-state index contributed by atoms with van der Waals surface area (Å²) in [7, 11) is -2.51. The number of hydrogen-bond donors (Lipinski definition) is 1. The average molecular weight is 303 g/mol. The highest BCUT2D eigenvalue weighted by Crippen LogP contribution is 2.28. The normalized spacial score (nSPS) is 11.8. The number of benzene rings is 1. The predicted octanol–water partition coefficient (Wildman–Crippen LogP) is 0.834. The molecule has 0 saturated carbocycles. The van der Waals surface area contributed by atoms with E-state index in [9.17, 15) is 18.5 Å². The smallest absolute Gasteiger partial charge is 0.291 e. The molecular weight excluding hydrogens is 286 g/mol. The first-order valence-electron chi connectivity index (χ1n) is 5.87. The minimum absolute atomic E-state index is 0.122. The second kappa shape index (κ2) is 6.64. The van der Waals surface area contributed by atoms with E-state index in [1.165, 1.54) is 13.2 Å². The van der Waals surface area contributed by atoms with Gasteiger partial charge in [-0.05, 0) is 12.1 Å². The lowest BCUT2D eigenvalue weighted by atomic mass is 10.3. The third kappa shape index (κ3) is 3.44. The second-order valence-electron chi connectivity index (χ2n) is 3.97. The van der Waals surface area contributed by atoms with Gasteiger partial charge in [-0.25, -0.2) is 8.42 Å². The van der Waals surface area contributed by atoms with Gasteiger partial charge < -0.3 is 10.5 Å². The molecule has 0 aliphatic carbocycles. The fourth-order valence-corrected chi connectivity index (χ4v) is 3.25. The number of rotatable bonds is 7. The molecule has 0 aliphatic heterocycles. The molecular formula is C11H17N3O5S. The minimum atomic E-state index is -3.96. The van der Waals surface area contributed by atoms with Gasteiger partial charge in [-0.3, -0.25) is 10.1 Å². The van der Waals surface area contributed by atoms with Crippen molar-refractivity contribution in [2.24, 2.45) is 0 Å². The van der Waals surface area contributed by atoms with Crippen LogP contribution in [0.4, 0.5) is 11.4 Å². The molecule has 0 radical (unpaired) electrons. The maximum absolute atomic E-state index is 12.4. The van der Waals surface area contributed by atoms with Crippen molar-refractivity contribution in [3.8, 4) is 0 Å². The molecule has 0 amide bonds. The SMILES string of the molecule is CCN(CCOC)S(=O)(=O)c1ccc(N)cc1[N+](=O)[O-]. The van der Waals surface area contributed by atoms with Gasteiger partial charge in [0.15, 0.2) is 4.90 Å². The first-order chi connectivity index (χ1) is 9.34. The Kier molecular flexibility index (Phi) is 5.43. The van der Waals surface area contributed by atoms with Crippen molar-refractivity contribution in [2.75, 3.05) is 32.5 Å². The van der Waals surface area contributed by atoms with E-state index in [1.54, 1.807) is 6.92 Å². The van der Waals surface area contributed by atoms with Gasteiger partial charge in [0.2, 0.25) is 10.0 Å². The lowest BCUT2D eigenvalue weighted by Gasteiger charge is -2.20. The van der Waals surface area contributed by atoms with Gasteiger partial charge in [0.25, 0.3) is 5.69 Å². The highest BCUT2D eigenvalue weighted by Gasteiger charge is 2.30. The quantitative estimate of drug-likeness (QED) is 0.453. The molecule has 0 spiro atoms. The van der Waals surface area contributed by atoms with Crippen LogP contribution in [0.2, 0.25) is 0 Å². The summed E-state index contributed by atoms with van der Waals surface area (Å²) in [6.45, 7) is 2.16. The molecule has 0 heterocycles. The predicted molar refractivity (Wildman–Crippen MR) is 73.8 cm³/mol. The topological polar surface area (TPSA) is 116 Å². The maximum atomic E-state index is 12.4. The van der Waals surface area contributed by atoms with Crippen LogP contribution in [0.25, 0.3) is 0 Å². The van der Waals surface area contributed by atoms with Gasteiger partial charge in [0.1, 0.15) is 0 Å². The van der Waals surface area contributed by atoms with Crippen molar-refractivity contribution in [1.82, 2.24) is 4.31 Å². The summed E-state index contributed by atoms with van der Waals surface area (Å²) in [5.74, 6) is 0. The Balaban J connectivity index is 3.30. The van der Waals surface area contributed by atoms with Gasteiger partial charge in [-0.1, -0.05) is 6.92 Å². The number of ether oxygens (including phenoxy) is 1. The molecule has 112 valence electrons. The molecule has 0 aliphatic rings. The lowest BCUT2D eigenvalue weighted by Crippen LogP contribution is -2.34. The molecule has 9 heteroatoms. The Morgan fingerprint density at radius 2 is 2.10 bits per heavy atom. The summed E-state index contributed by atoms with van der Waals surface area (Å²) < 4.78 is 30.8. The minimum Gasteiger partial charge on any atom is -0.399 e. The molecule has 1 rings (SSSR count). The van der Waals surface area contributed by atoms with Crippen LogP contribution in [0.15, 0.2) is 23.1 Å². The summed E-state index contributed by atoms with van der Waals surface area (Å²) in [4.78, 5) is 9.87. The van der Waals surface area contributed by atoms with Crippen LogP contribution in [0.5, 0.6) is 0 Å². The van der Waals surface area contributed by atoms with E-state index in [1.807, 2.05) is 0 Å². The molecule has 1 aromatic rings. The van der Waals surface area contributed by atoms with Gasteiger partial charge in [-0.15, -0.1) is 0 Å². The van der Waals surface area contributed by atoms with Crippen molar-refractivity contribution in [1.29, 1.82) is 0 Å². The molecule has 20 heavy (non-hydrogen) atoms. The van der Waals surface area contributed by atoms with Crippen LogP contribution in [-0.4, -0.2) is 44.5 Å². The van der Waals surface area contributed by atoms with Crippen molar-refractivity contribution in [3.63, 3.8) is 0 Å². The van der Waals surface area contributed by atoms with Crippen LogP contribution in [0, 0.1) is 10.1 Å². The zero-order valence-corrected chi connectivity index (χ0v) is 12.1. The van der Waals surface area contributed by atoms with Crippen molar-refractivity contribution in [3.05, 3.63) is 28.3 Å². The standard InChI is InChI=1S/C11H17N3O5S/c1-3-13(6-7-19-2)20(17,18)11-5-4-9(12)8-10(11)14(15)16/h4-5,8H,3,6-7,12H2,1-2H3. The molecule has 8 nitrogen and oxygen atoms in total. The number of nitro benzene ring substituents is 1. The molecule has 0 bridgehead atoms. The zero-order chi connectivity index (χ0) is 15.3. The van der Waals surface area contributed by atoms with Crippen molar-refractivity contribution >= 4 is 21.4 Å². The van der Waals surface area contributed by atoms with Crippen LogP contribution in [-0.2, 0) is 14.8 Å². The largest absolute Gasteiger partial charge is 0.399 e. The number of nitrogens with zero attached hydrogens (tertiary/aromatic N) is 2. The summed E-state index contributed by atoms with van der Waals surface area (Å²) in [5, 5.41) is 11.0. The van der Waals surface area contributed by atoms with Crippen molar-refractivity contribution < 1.29 is 18.1 Å². The first-order valence-corrected chi connectivity index (χ1v) is 7.31. The number of hydrogen-bond acceptors (Lipinski definition) is 6. The van der Waals surface area contributed by atoms with Gasteiger partial charge in [0.05, 0.1) is 11.5 Å². The third-order valence-electron chi connectivity index (χ3n) is 2.70. The molecule has 0 aromatic heterocycles. The molecule has 0 saturated heterocycles. The van der Waals surface area contributed by atoms with Gasteiger partial charge >= 0.3 is 0 Å². The number of methoxy groups -OCH3 is 1. The number of nitro groups is 1. The van der Waals surface area contributed by atoms with Crippen LogP contribution in [0.3, 0.4) is 0 Å². The monoisotopic (exact) mass is 303 g/mol. The molecule has 0 fully saturated rings. The van der Waals surface area contributed by atoms with E-state index in [-0.39, 0.29) is 30.3 Å². The Hall–Kier alpha value is -1.71. The lowest BCUT2D eigenvalue weighted by molar-refractivity contribution is -0.387. The van der Waals surface area contributed by atoms with E-state index in [4.69, 9.17) is 10.5 Å². The number of sulfonamides is 1. The highest BCUT2D eigenvalue weighted by molar-refractivity contribution is 7.89. The molecule has 0 unspecified atom stereocenters. The number of anilines is 1. The van der Waals surface area contributed by atoms with Crippen LogP contribution >= 0.6 is 0 Å². The first kappa shape index (κ1) is 16.3. The van der Waals surface area contributed by atoms with Crippen LogP contribution < -0.4 is 5.73 Å². The Morgan fingerprint density at radius 3 is 2.60 bits per heavy atom. The van der Waals surface area contributed by atoms with Crippen molar-refractivity contribution in [2.45, 2.75) is 11.8 Å².